The van der Waals surface area contributed by atoms with E-state index in [2.05, 4.69) is 19.6 Å². The number of thiol groups is 1. The molecule has 15 heavy (non-hydrogen) atoms. The number of hydrogen-bond donors (Lipinski definition) is 1. The molecule has 0 aliphatic carbocycles. The lowest BCUT2D eigenvalue weighted by atomic mass is 10.2. The van der Waals surface area contributed by atoms with E-state index < -0.39 is 0 Å². The van der Waals surface area contributed by atoms with Gasteiger partial charge in [-0.15, -0.1) is 12.6 Å². The fourth-order valence-corrected chi connectivity index (χ4v) is 1.58. The quantitative estimate of drug-likeness (QED) is 0.778. The molecule has 0 aromatic heterocycles. The Morgan fingerprint density at radius 2 is 2.20 bits per heavy atom. The molecule has 1 rings (SSSR count). The summed E-state index contributed by atoms with van der Waals surface area (Å²) in [6, 6.07) is 7.34. The third kappa shape index (κ3) is 3.59. The summed E-state index contributed by atoms with van der Waals surface area (Å²) in [5.74, 6) is 0.0688. The number of benzene rings is 1. The second kappa shape index (κ2) is 5.81. The maximum Gasteiger partial charge on any atom is 0.253 e. The Morgan fingerprint density at radius 1 is 1.47 bits per heavy atom. The molecule has 0 saturated carbocycles. The molecule has 0 bridgehead atoms. The summed E-state index contributed by atoms with van der Waals surface area (Å²) in [5, 5.41) is 0. The van der Waals surface area contributed by atoms with Crippen molar-refractivity contribution in [1.29, 1.82) is 0 Å². The molecule has 0 N–H and O–H groups in total. The molecular weight excluding hydrogens is 206 g/mol. The molecule has 0 fully saturated rings. The van der Waals surface area contributed by atoms with Gasteiger partial charge in [0.1, 0.15) is 0 Å². The molecule has 82 valence electrons. The van der Waals surface area contributed by atoms with Crippen molar-refractivity contribution in [3.63, 3.8) is 0 Å². The average molecular weight is 223 g/mol. The summed E-state index contributed by atoms with van der Waals surface area (Å²) in [4.78, 5) is 14.5. The minimum absolute atomic E-state index is 0.0688. The molecule has 0 atom stereocenters. The summed E-state index contributed by atoms with van der Waals surface area (Å²) in [6.07, 6.45) is 2.15. The van der Waals surface area contributed by atoms with Gasteiger partial charge in [-0.1, -0.05) is 19.4 Å². The zero-order valence-corrected chi connectivity index (χ0v) is 10.1. The van der Waals surface area contributed by atoms with Crippen LogP contribution in [0.4, 0.5) is 0 Å². The van der Waals surface area contributed by atoms with Crippen LogP contribution in [-0.4, -0.2) is 24.4 Å². The molecule has 0 saturated heterocycles. The van der Waals surface area contributed by atoms with Crippen LogP contribution in [0.1, 0.15) is 30.1 Å². The van der Waals surface area contributed by atoms with Crippen molar-refractivity contribution in [1.82, 2.24) is 4.90 Å². The van der Waals surface area contributed by atoms with Crippen molar-refractivity contribution in [2.45, 2.75) is 24.7 Å². The number of rotatable bonds is 4. The number of hydrogen-bond acceptors (Lipinski definition) is 2. The van der Waals surface area contributed by atoms with Gasteiger partial charge in [-0.3, -0.25) is 4.79 Å². The standard InChI is InChI=1S/C12H17NOS/c1-3-4-8-13(2)12(14)10-6-5-7-11(15)9-10/h5-7,9,15H,3-4,8H2,1-2H3. The number of nitrogens with zero attached hydrogens (tertiary/aromatic N) is 1. The largest absolute Gasteiger partial charge is 0.342 e. The topological polar surface area (TPSA) is 20.3 Å². The highest BCUT2D eigenvalue weighted by molar-refractivity contribution is 7.80. The Labute approximate surface area is 96.7 Å². The van der Waals surface area contributed by atoms with Crippen LogP contribution >= 0.6 is 12.6 Å². The first-order valence-electron chi connectivity index (χ1n) is 5.19. The summed E-state index contributed by atoms with van der Waals surface area (Å²) in [5.41, 5.74) is 0.709. The van der Waals surface area contributed by atoms with E-state index in [0.29, 0.717) is 5.56 Å². The number of carbonyl (C=O) groups excluding carboxylic acids is 1. The molecule has 3 heteroatoms. The van der Waals surface area contributed by atoms with Crippen molar-refractivity contribution in [3.05, 3.63) is 29.8 Å². The summed E-state index contributed by atoms with van der Waals surface area (Å²) in [7, 11) is 1.84. The first-order valence-corrected chi connectivity index (χ1v) is 5.64. The van der Waals surface area contributed by atoms with Gasteiger partial charge in [0.15, 0.2) is 0 Å². The fraction of sp³-hybridized carbons (Fsp3) is 0.417. The van der Waals surface area contributed by atoms with E-state index in [0.717, 1.165) is 24.3 Å². The van der Waals surface area contributed by atoms with Crippen LogP contribution in [0.15, 0.2) is 29.2 Å². The Morgan fingerprint density at radius 3 is 2.80 bits per heavy atom. The number of carbonyl (C=O) groups is 1. The minimum Gasteiger partial charge on any atom is -0.342 e. The molecule has 0 unspecified atom stereocenters. The third-order valence-electron chi connectivity index (χ3n) is 2.29. The van der Waals surface area contributed by atoms with Crippen molar-refractivity contribution < 1.29 is 4.79 Å². The number of unbranched alkanes of at least 4 members (excludes halogenated alkanes) is 1. The zero-order valence-electron chi connectivity index (χ0n) is 9.23. The van der Waals surface area contributed by atoms with Gasteiger partial charge in [-0.05, 0) is 24.6 Å². The summed E-state index contributed by atoms with van der Waals surface area (Å²) >= 11 is 4.22. The second-order valence-electron chi connectivity index (χ2n) is 3.63. The normalized spacial score (nSPS) is 10.1. The third-order valence-corrected chi connectivity index (χ3v) is 2.57. The fourth-order valence-electron chi connectivity index (χ4n) is 1.36. The van der Waals surface area contributed by atoms with Crippen LogP contribution in [0.5, 0.6) is 0 Å². The van der Waals surface area contributed by atoms with Gasteiger partial charge in [0.25, 0.3) is 5.91 Å². The van der Waals surface area contributed by atoms with Gasteiger partial charge < -0.3 is 4.90 Å². The smallest absolute Gasteiger partial charge is 0.253 e. The highest BCUT2D eigenvalue weighted by atomic mass is 32.1. The van der Waals surface area contributed by atoms with E-state index in [9.17, 15) is 4.79 Å². The predicted octanol–water partition coefficient (Wildman–Crippen LogP) is 2.85. The molecule has 1 aromatic carbocycles. The Balaban J connectivity index is 2.67. The Hall–Kier alpha value is -0.960. The Bertz CT molecular complexity index is 338. The van der Waals surface area contributed by atoms with Gasteiger partial charge in [0.2, 0.25) is 0 Å². The van der Waals surface area contributed by atoms with Gasteiger partial charge in [0, 0.05) is 24.1 Å². The van der Waals surface area contributed by atoms with Crippen LogP contribution in [0.25, 0.3) is 0 Å². The van der Waals surface area contributed by atoms with Crippen molar-refractivity contribution in [2.24, 2.45) is 0 Å². The van der Waals surface area contributed by atoms with Gasteiger partial charge in [-0.25, -0.2) is 0 Å². The lowest BCUT2D eigenvalue weighted by molar-refractivity contribution is 0.0793. The lowest BCUT2D eigenvalue weighted by Crippen LogP contribution is -2.27. The predicted molar refractivity (Wildman–Crippen MR) is 65.6 cm³/mol. The van der Waals surface area contributed by atoms with Crippen LogP contribution in [0.3, 0.4) is 0 Å². The SMILES string of the molecule is CCCCN(C)C(=O)c1cccc(S)c1. The van der Waals surface area contributed by atoms with Gasteiger partial charge >= 0.3 is 0 Å². The highest BCUT2D eigenvalue weighted by Gasteiger charge is 2.10. The molecule has 1 aromatic rings. The van der Waals surface area contributed by atoms with E-state index in [1.807, 2.05) is 25.2 Å². The minimum atomic E-state index is 0.0688. The van der Waals surface area contributed by atoms with E-state index in [1.54, 1.807) is 11.0 Å². The second-order valence-corrected chi connectivity index (χ2v) is 4.15. The van der Waals surface area contributed by atoms with E-state index in [-0.39, 0.29) is 5.91 Å². The molecule has 0 aliphatic heterocycles. The van der Waals surface area contributed by atoms with Crippen molar-refractivity contribution in [2.75, 3.05) is 13.6 Å². The van der Waals surface area contributed by atoms with Crippen molar-refractivity contribution >= 4 is 18.5 Å². The Kier molecular flexibility index (Phi) is 4.69. The van der Waals surface area contributed by atoms with E-state index >= 15 is 0 Å². The van der Waals surface area contributed by atoms with E-state index in [4.69, 9.17) is 0 Å². The van der Waals surface area contributed by atoms with E-state index in [1.165, 1.54) is 0 Å². The lowest BCUT2D eigenvalue weighted by Gasteiger charge is -2.16. The molecule has 0 spiro atoms. The maximum atomic E-state index is 11.9. The summed E-state index contributed by atoms with van der Waals surface area (Å²) in [6.45, 7) is 2.93. The first-order chi connectivity index (χ1) is 7.15. The van der Waals surface area contributed by atoms with Crippen LogP contribution in [0, 0.1) is 0 Å². The molecule has 0 radical (unpaired) electrons. The molecule has 0 aliphatic rings. The molecule has 2 nitrogen and oxygen atoms in total. The van der Waals surface area contributed by atoms with Crippen LogP contribution in [-0.2, 0) is 0 Å². The monoisotopic (exact) mass is 223 g/mol. The highest BCUT2D eigenvalue weighted by Crippen LogP contribution is 2.10. The average Bonchev–Trinajstić information content (AvgIpc) is 2.24. The maximum absolute atomic E-state index is 11.9. The molecule has 1 amide bonds. The van der Waals surface area contributed by atoms with Crippen molar-refractivity contribution in [3.8, 4) is 0 Å². The van der Waals surface area contributed by atoms with Crippen LogP contribution in [0.2, 0.25) is 0 Å². The number of amides is 1. The first kappa shape index (κ1) is 12.1. The zero-order chi connectivity index (χ0) is 11.3. The van der Waals surface area contributed by atoms with Crippen LogP contribution < -0.4 is 0 Å². The molecule has 0 heterocycles. The summed E-state index contributed by atoms with van der Waals surface area (Å²) < 4.78 is 0. The molecular formula is C12H17NOS. The van der Waals surface area contributed by atoms with Gasteiger partial charge in [-0.2, -0.15) is 0 Å². The van der Waals surface area contributed by atoms with Gasteiger partial charge in [0.05, 0.1) is 0 Å².